The lowest BCUT2D eigenvalue weighted by Crippen LogP contribution is -2.39. The van der Waals surface area contributed by atoms with Gasteiger partial charge in [0.2, 0.25) is 0 Å². The van der Waals surface area contributed by atoms with Gasteiger partial charge in [-0.3, -0.25) is 4.90 Å². The number of carbonyl (C=O) groups excluding carboxylic acids is 1. The maximum atomic E-state index is 12.1. The van der Waals surface area contributed by atoms with Gasteiger partial charge in [-0.05, 0) is 46.0 Å². The quantitative estimate of drug-likeness (QED) is 0.771. The summed E-state index contributed by atoms with van der Waals surface area (Å²) in [5.41, 5.74) is -0.391. The molecule has 4 nitrogen and oxygen atoms in total. The largest absolute Gasteiger partial charge is 0.444 e. The highest BCUT2D eigenvalue weighted by molar-refractivity contribution is 5.68. The Morgan fingerprint density at radius 3 is 2.16 bits per heavy atom. The van der Waals surface area contributed by atoms with Gasteiger partial charge in [-0.1, -0.05) is 6.92 Å². The second-order valence-electron chi connectivity index (χ2n) is 7.12. The molecule has 0 aliphatic carbocycles. The fraction of sp³-hybridized carbons (Fsp3) is 0.933. The fourth-order valence-corrected chi connectivity index (χ4v) is 3.12. The van der Waals surface area contributed by atoms with Crippen molar-refractivity contribution in [2.24, 2.45) is 11.8 Å². The molecule has 2 aliphatic rings. The van der Waals surface area contributed by atoms with E-state index in [9.17, 15) is 4.79 Å². The first kappa shape index (κ1) is 14.6. The van der Waals surface area contributed by atoms with Gasteiger partial charge in [-0.15, -0.1) is 0 Å². The molecule has 1 amide bonds. The van der Waals surface area contributed by atoms with Crippen molar-refractivity contribution < 1.29 is 9.53 Å². The normalized spacial score (nSPS) is 29.4. The Bertz CT molecular complexity index is 324. The van der Waals surface area contributed by atoms with Crippen LogP contribution in [0, 0.1) is 11.8 Å². The van der Waals surface area contributed by atoms with Gasteiger partial charge in [0.1, 0.15) is 5.60 Å². The van der Waals surface area contributed by atoms with E-state index in [1.165, 1.54) is 6.42 Å². The van der Waals surface area contributed by atoms with Crippen LogP contribution in [0.25, 0.3) is 0 Å². The highest BCUT2D eigenvalue weighted by Crippen LogP contribution is 2.33. The molecular weight excluding hydrogens is 240 g/mol. The van der Waals surface area contributed by atoms with Crippen molar-refractivity contribution >= 4 is 6.09 Å². The third-order valence-corrected chi connectivity index (χ3v) is 4.38. The number of hydrogen-bond acceptors (Lipinski definition) is 3. The van der Waals surface area contributed by atoms with Crippen molar-refractivity contribution in [3.8, 4) is 0 Å². The van der Waals surface area contributed by atoms with E-state index < -0.39 is 5.60 Å². The number of hydrogen-bond donors (Lipinski definition) is 0. The van der Waals surface area contributed by atoms with Crippen molar-refractivity contribution in [3.05, 3.63) is 0 Å². The van der Waals surface area contributed by atoms with Crippen LogP contribution in [-0.2, 0) is 4.74 Å². The third-order valence-electron chi connectivity index (χ3n) is 4.38. The first-order valence-corrected chi connectivity index (χ1v) is 7.52. The molecule has 3 unspecified atom stereocenters. The van der Waals surface area contributed by atoms with E-state index in [1.807, 2.05) is 25.7 Å². The zero-order valence-corrected chi connectivity index (χ0v) is 13.0. The summed E-state index contributed by atoms with van der Waals surface area (Å²) in [4.78, 5) is 16.5. The van der Waals surface area contributed by atoms with Gasteiger partial charge in [0.05, 0.1) is 0 Å². The number of nitrogens with zero attached hydrogens (tertiary/aromatic N) is 2. The van der Waals surface area contributed by atoms with Crippen LogP contribution in [0.15, 0.2) is 0 Å². The average Bonchev–Trinajstić information content (AvgIpc) is 2.82. The van der Waals surface area contributed by atoms with Gasteiger partial charge in [0, 0.05) is 32.2 Å². The van der Waals surface area contributed by atoms with Crippen LogP contribution in [0.5, 0.6) is 0 Å². The third kappa shape index (κ3) is 3.41. The summed E-state index contributed by atoms with van der Waals surface area (Å²) in [6.45, 7) is 14.3. The summed E-state index contributed by atoms with van der Waals surface area (Å²) < 4.78 is 5.46. The zero-order chi connectivity index (χ0) is 14.2. The highest BCUT2D eigenvalue weighted by Gasteiger charge is 2.43. The molecule has 19 heavy (non-hydrogen) atoms. The topological polar surface area (TPSA) is 32.8 Å². The first-order chi connectivity index (χ1) is 8.80. The Kier molecular flexibility index (Phi) is 4.09. The second kappa shape index (κ2) is 5.31. The molecule has 0 aromatic rings. The molecule has 4 heteroatoms. The van der Waals surface area contributed by atoms with Crippen molar-refractivity contribution in [2.75, 3.05) is 26.2 Å². The first-order valence-electron chi connectivity index (χ1n) is 7.52. The lowest BCUT2D eigenvalue weighted by atomic mass is 10.0. The Balaban J connectivity index is 1.86. The van der Waals surface area contributed by atoms with E-state index in [2.05, 4.69) is 18.7 Å². The maximum Gasteiger partial charge on any atom is 0.410 e. The van der Waals surface area contributed by atoms with Crippen molar-refractivity contribution in [3.63, 3.8) is 0 Å². The minimum Gasteiger partial charge on any atom is -0.444 e. The minimum atomic E-state index is -0.391. The van der Waals surface area contributed by atoms with E-state index in [-0.39, 0.29) is 6.09 Å². The standard InChI is InChI=1S/C15H28N2O2/c1-6-11(2)16-7-12-9-17(10-13(12)8-16)14(18)19-15(3,4)5/h11-13H,6-10H2,1-5H3. The average molecular weight is 268 g/mol. The van der Waals surface area contributed by atoms with E-state index in [4.69, 9.17) is 4.74 Å². The molecule has 2 saturated heterocycles. The van der Waals surface area contributed by atoms with Crippen LogP contribution in [0.3, 0.4) is 0 Å². The predicted molar refractivity (Wildman–Crippen MR) is 76.1 cm³/mol. The summed E-state index contributed by atoms with van der Waals surface area (Å²) >= 11 is 0. The van der Waals surface area contributed by atoms with Crippen LogP contribution in [0.2, 0.25) is 0 Å². The van der Waals surface area contributed by atoms with Crippen molar-refractivity contribution in [1.29, 1.82) is 0 Å². The zero-order valence-electron chi connectivity index (χ0n) is 13.0. The molecule has 0 N–H and O–H groups in total. The van der Waals surface area contributed by atoms with Gasteiger partial charge < -0.3 is 9.64 Å². The molecule has 2 aliphatic heterocycles. The Morgan fingerprint density at radius 1 is 1.21 bits per heavy atom. The summed E-state index contributed by atoms with van der Waals surface area (Å²) in [6, 6.07) is 0.667. The number of ether oxygens (including phenoxy) is 1. The predicted octanol–water partition coefficient (Wildman–Crippen LogP) is 2.58. The lowest BCUT2D eigenvalue weighted by Gasteiger charge is -2.27. The fourth-order valence-electron chi connectivity index (χ4n) is 3.12. The molecule has 0 aromatic carbocycles. The van der Waals surface area contributed by atoms with E-state index in [0.29, 0.717) is 17.9 Å². The number of amides is 1. The Labute approximate surface area is 117 Å². The summed E-state index contributed by atoms with van der Waals surface area (Å²) in [6.07, 6.45) is 1.06. The van der Waals surface area contributed by atoms with Crippen LogP contribution >= 0.6 is 0 Å². The Hall–Kier alpha value is -0.770. The minimum absolute atomic E-state index is 0.142. The van der Waals surface area contributed by atoms with Gasteiger partial charge in [-0.25, -0.2) is 4.79 Å². The summed E-state index contributed by atoms with van der Waals surface area (Å²) in [7, 11) is 0. The number of rotatable bonds is 2. The number of likely N-dealkylation sites (tertiary alicyclic amines) is 2. The molecule has 2 heterocycles. The summed E-state index contributed by atoms with van der Waals surface area (Å²) in [5, 5.41) is 0. The number of carbonyl (C=O) groups is 1. The molecule has 2 rings (SSSR count). The van der Waals surface area contributed by atoms with Crippen LogP contribution < -0.4 is 0 Å². The highest BCUT2D eigenvalue weighted by atomic mass is 16.6. The molecule has 0 spiro atoms. The smallest absolute Gasteiger partial charge is 0.410 e. The summed E-state index contributed by atoms with van der Waals surface area (Å²) in [5.74, 6) is 1.28. The second-order valence-corrected chi connectivity index (χ2v) is 7.12. The van der Waals surface area contributed by atoms with Gasteiger partial charge in [-0.2, -0.15) is 0 Å². The number of fused-ring (bicyclic) bond motifs is 1. The van der Waals surface area contributed by atoms with Gasteiger partial charge in [0.25, 0.3) is 0 Å². The van der Waals surface area contributed by atoms with E-state index in [1.54, 1.807) is 0 Å². The maximum absolute atomic E-state index is 12.1. The molecule has 2 fully saturated rings. The Morgan fingerprint density at radius 2 is 1.74 bits per heavy atom. The molecule has 0 bridgehead atoms. The van der Waals surface area contributed by atoms with Crippen LogP contribution in [0.1, 0.15) is 41.0 Å². The molecule has 3 atom stereocenters. The SMILES string of the molecule is CCC(C)N1CC2CN(C(=O)OC(C)(C)C)CC2C1. The van der Waals surface area contributed by atoms with Gasteiger partial charge >= 0.3 is 6.09 Å². The van der Waals surface area contributed by atoms with E-state index >= 15 is 0 Å². The monoisotopic (exact) mass is 268 g/mol. The molecule has 0 saturated carbocycles. The van der Waals surface area contributed by atoms with E-state index in [0.717, 1.165) is 26.2 Å². The molecule has 0 aromatic heterocycles. The van der Waals surface area contributed by atoms with Gasteiger partial charge in [0.15, 0.2) is 0 Å². The lowest BCUT2D eigenvalue weighted by molar-refractivity contribution is 0.0272. The molecular formula is C15H28N2O2. The van der Waals surface area contributed by atoms with Crippen LogP contribution in [-0.4, -0.2) is 53.7 Å². The molecule has 0 radical (unpaired) electrons. The molecule has 110 valence electrons. The van der Waals surface area contributed by atoms with Crippen LogP contribution in [0.4, 0.5) is 4.79 Å². The van der Waals surface area contributed by atoms with Crippen molar-refractivity contribution in [2.45, 2.75) is 52.7 Å². The van der Waals surface area contributed by atoms with Crippen molar-refractivity contribution in [1.82, 2.24) is 9.80 Å².